The fourth-order valence-corrected chi connectivity index (χ4v) is 3.80. The second kappa shape index (κ2) is 8.00. The van der Waals surface area contributed by atoms with Crippen molar-refractivity contribution in [3.63, 3.8) is 0 Å². The molecule has 1 aliphatic heterocycles. The molecule has 0 spiro atoms. The minimum absolute atomic E-state index is 0. The van der Waals surface area contributed by atoms with Crippen LogP contribution in [0.5, 0.6) is 0 Å². The highest BCUT2D eigenvalue weighted by atomic mass is 35.5. The van der Waals surface area contributed by atoms with E-state index in [1.165, 1.54) is 12.1 Å². The van der Waals surface area contributed by atoms with E-state index in [1.807, 2.05) is 6.07 Å². The van der Waals surface area contributed by atoms with Crippen molar-refractivity contribution in [1.29, 1.82) is 0 Å². The van der Waals surface area contributed by atoms with Crippen LogP contribution in [0.25, 0.3) is 0 Å². The molecule has 2 N–H and O–H groups in total. The Morgan fingerprint density at radius 1 is 1.19 bits per heavy atom. The summed E-state index contributed by atoms with van der Waals surface area (Å²) >= 11 is 0. The Kier molecular flexibility index (Phi) is 5.92. The maximum absolute atomic E-state index is 13.8. The van der Waals surface area contributed by atoms with Gasteiger partial charge in [-0.25, -0.2) is 4.39 Å². The van der Waals surface area contributed by atoms with Gasteiger partial charge in [0.2, 0.25) is 5.89 Å². The van der Waals surface area contributed by atoms with Gasteiger partial charge in [-0.1, -0.05) is 30.1 Å². The Labute approximate surface area is 158 Å². The molecular weight excluding hydrogens is 359 g/mol. The Morgan fingerprint density at radius 3 is 2.62 bits per heavy atom. The second-order valence-electron chi connectivity index (χ2n) is 6.93. The van der Waals surface area contributed by atoms with Crippen molar-refractivity contribution >= 4 is 12.4 Å². The van der Waals surface area contributed by atoms with Crippen molar-refractivity contribution in [2.45, 2.75) is 37.3 Å². The van der Waals surface area contributed by atoms with Crippen molar-refractivity contribution in [1.82, 2.24) is 15.0 Å². The number of hydrogen-bond acceptors (Lipinski definition) is 6. The highest BCUT2D eigenvalue weighted by molar-refractivity contribution is 5.85. The fourth-order valence-electron chi connectivity index (χ4n) is 3.80. The molecule has 2 aromatic rings. The molecule has 4 rings (SSSR count). The highest BCUT2D eigenvalue weighted by Gasteiger charge is 2.38. The van der Waals surface area contributed by atoms with Gasteiger partial charge < -0.3 is 15.0 Å². The topological polar surface area (TPSA) is 77.4 Å². The first-order valence-corrected chi connectivity index (χ1v) is 8.86. The van der Waals surface area contributed by atoms with Gasteiger partial charge in [0.1, 0.15) is 11.9 Å². The molecule has 1 unspecified atom stereocenters. The molecule has 1 aromatic heterocycles. The van der Waals surface area contributed by atoms with Crippen LogP contribution in [-0.2, 0) is 10.3 Å². The van der Waals surface area contributed by atoms with Crippen LogP contribution in [0.2, 0.25) is 0 Å². The Bertz CT molecular complexity index is 729. The molecule has 142 valence electrons. The molecule has 0 bridgehead atoms. The van der Waals surface area contributed by atoms with Gasteiger partial charge in [0, 0.05) is 13.1 Å². The van der Waals surface area contributed by atoms with Gasteiger partial charge in [-0.05, 0) is 30.5 Å². The molecule has 26 heavy (non-hydrogen) atoms. The zero-order valence-corrected chi connectivity index (χ0v) is 15.4. The Hall–Kier alpha value is -1.54. The molecule has 2 aliphatic rings. The van der Waals surface area contributed by atoms with Crippen LogP contribution in [0.3, 0.4) is 0 Å². The first kappa shape index (κ1) is 19.2. The molecule has 1 aliphatic carbocycles. The van der Waals surface area contributed by atoms with E-state index >= 15 is 0 Å². The predicted octanol–water partition coefficient (Wildman–Crippen LogP) is 2.78. The van der Waals surface area contributed by atoms with Gasteiger partial charge in [0.15, 0.2) is 5.82 Å². The summed E-state index contributed by atoms with van der Waals surface area (Å²) in [5.74, 6) is 0.760. The van der Waals surface area contributed by atoms with Crippen molar-refractivity contribution in [2.75, 3.05) is 26.3 Å². The molecule has 1 atom stereocenters. The molecule has 0 radical (unpaired) electrons. The first-order valence-electron chi connectivity index (χ1n) is 8.86. The minimum atomic E-state index is -0.501. The van der Waals surface area contributed by atoms with Gasteiger partial charge in [0.05, 0.1) is 18.8 Å². The zero-order chi connectivity index (χ0) is 17.3. The molecule has 2 fully saturated rings. The van der Waals surface area contributed by atoms with E-state index in [4.69, 9.17) is 15.0 Å². The van der Waals surface area contributed by atoms with Gasteiger partial charge >= 0.3 is 0 Å². The lowest BCUT2D eigenvalue weighted by molar-refractivity contribution is 0.0180. The number of aromatic nitrogens is 2. The summed E-state index contributed by atoms with van der Waals surface area (Å²) in [5, 5.41) is 4.17. The summed E-state index contributed by atoms with van der Waals surface area (Å²) in [6.07, 6.45) is 3.90. The largest absolute Gasteiger partial charge is 0.379 e. The van der Waals surface area contributed by atoms with Crippen LogP contribution in [0.15, 0.2) is 28.8 Å². The minimum Gasteiger partial charge on any atom is -0.379 e. The third-order valence-electron chi connectivity index (χ3n) is 5.19. The highest BCUT2D eigenvalue weighted by Crippen LogP contribution is 2.36. The molecular formula is C18H24ClFN4O2. The van der Waals surface area contributed by atoms with Crippen LogP contribution in [0, 0.1) is 5.82 Å². The average molecular weight is 383 g/mol. The molecule has 1 saturated carbocycles. The normalized spacial score (nSPS) is 21.3. The maximum Gasteiger partial charge on any atom is 0.248 e. The molecule has 1 saturated heterocycles. The van der Waals surface area contributed by atoms with Gasteiger partial charge in [0.25, 0.3) is 0 Å². The van der Waals surface area contributed by atoms with Crippen LogP contribution in [0.1, 0.15) is 49.0 Å². The third kappa shape index (κ3) is 3.76. The van der Waals surface area contributed by atoms with E-state index in [0.29, 0.717) is 24.9 Å². The Balaban J connectivity index is 0.00000196. The van der Waals surface area contributed by atoms with E-state index < -0.39 is 5.54 Å². The average Bonchev–Trinajstić information content (AvgIpc) is 3.27. The second-order valence-corrected chi connectivity index (χ2v) is 6.93. The number of rotatable bonds is 4. The van der Waals surface area contributed by atoms with E-state index in [9.17, 15) is 4.39 Å². The summed E-state index contributed by atoms with van der Waals surface area (Å²) in [4.78, 5) is 6.83. The van der Waals surface area contributed by atoms with Crippen molar-refractivity contribution < 1.29 is 13.7 Å². The monoisotopic (exact) mass is 382 g/mol. The van der Waals surface area contributed by atoms with Crippen molar-refractivity contribution in [2.24, 2.45) is 5.73 Å². The number of nitrogens with two attached hydrogens (primary N) is 1. The van der Waals surface area contributed by atoms with Crippen molar-refractivity contribution in [3.8, 4) is 0 Å². The van der Waals surface area contributed by atoms with Crippen LogP contribution >= 0.6 is 12.4 Å². The third-order valence-corrected chi connectivity index (χ3v) is 5.19. The number of morpholine rings is 1. The molecule has 1 aromatic carbocycles. The van der Waals surface area contributed by atoms with E-state index in [0.717, 1.165) is 44.3 Å². The molecule has 2 heterocycles. The van der Waals surface area contributed by atoms with Gasteiger partial charge in [-0.3, -0.25) is 4.90 Å². The SMILES string of the molecule is Cl.NC1(c2noc(C(c3cccc(F)c3)N3CCOCC3)n2)CCCC1. The van der Waals surface area contributed by atoms with Crippen LogP contribution in [-0.4, -0.2) is 41.3 Å². The summed E-state index contributed by atoms with van der Waals surface area (Å²) < 4.78 is 24.8. The Morgan fingerprint density at radius 2 is 1.92 bits per heavy atom. The number of benzene rings is 1. The maximum atomic E-state index is 13.8. The summed E-state index contributed by atoms with van der Waals surface area (Å²) in [6, 6.07) is 6.27. The lowest BCUT2D eigenvalue weighted by Gasteiger charge is -2.32. The lowest BCUT2D eigenvalue weighted by atomic mass is 9.98. The number of nitrogens with zero attached hydrogens (tertiary/aromatic N) is 3. The van der Waals surface area contributed by atoms with E-state index in [-0.39, 0.29) is 24.3 Å². The molecule has 8 heteroatoms. The number of halogens is 2. The first-order chi connectivity index (χ1) is 12.2. The lowest BCUT2D eigenvalue weighted by Crippen LogP contribution is -2.40. The summed E-state index contributed by atoms with van der Waals surface area (Å²) in [5.41, 5.74) is 6.76. The summed E-state index contributed by atoms with van der Waals surface area (Å²) in [6.45, 7) is 2.72. The smallest absolute Gasteiger partial charge is 0.248 e. The number of ether oxygens (including phenoxy) is 1. The zero-order valence-electron chi connectivity index (χ0n) is 14.6. The van der Waals surface area contributed by atoms with Crippen LogP contribution in [0.4, 0.5) is 4.39 Å². The van der Waals surface area contributed by atoms with Gasteiger partial charge in [-0.15, -0.1) is 12.4 Å². The van der Waals surface area contributed by atoms with E-state index in [1.54, 1.807) is 6.07 Å². The molecule has 6 nitrogen and oxygen atoms in total. The molecule has 0 amide bonds. The standard InChI is InChI=1S/C18H23FN4O2.ClH/c19-14-5-3-4-13(12-14)15(23-8-10-24-11-9-23)16-21-17(22-25-16)18(20)6-1-2-7-18;/h3-5,12,15H,1-2,6-11,20H2;1H. The predicted molar refractivity (Wildman–Crippen MR) is 96.5 cm³/mol. The van der Waals surface area contributed by atoms with Crippen molar-refractivity contribution in [3.05, 3.63) is 47.4 Å². The number of hydrogen-bond donors (Lipinski definition) is 1. The van der Waals surface area contributed by atoms with Crippen LogP contribution < -0.4 is 5.73 Å². The fraction of sp³-hybridized carbons (Fsp3) is 0.556. The quantitative estimate of drug-likeness (QED) is 0.876. The summed E-state index contributed by atoms with van der Waals surface area (Å²) in [7, 11) is 0. The van der Waals surface area contributed by atoms with Gasteiger partial charge in [-0.2, -0.15) is 4.98 Å². The van der Waals surface area contributed by atoms with E-state index in [2.05, 4.69) is 15.0 Å².